The SMILES string of the molecule is Clc1ccc(C2CCCCC2)c(C2CCCCC2)c1. The van der Waals surface area contributed by atoms with Gasteiger partial charge < -0.3 is 0 Å². The van der Waals surface area contributed by atoms with Gasteiger partial charge in [0.05, 0.1) is 0 Å². The average Bonchev–Trinajstić information content (AvgIpc) is 2.49. The summed E-state index contributed by atoms with van der Waals surface area (Å²) in [7, 11) is 0. The van der Waals surface area contributed by atoms with Crippen LogP contribution in [0.3, 0.4) is 0 Å². The highest BCUT2D eigenvalue weighted by molar-refractivity contribution is 6.30. The topological polar surface area (TPSA) is 0 Å². The fraction of sp³-hybridized carbons (Fsp3) is 0.667. The third-order valence-corrected chi connectivity index (χ3v) is 5.37. The maximum atomic E-state index is 6.27. The van der Waals surface area contributed by atoms with E-state index in [4.69, 9.17) is 11.6 Å². The van der Waals surface area contributed by atoms with Crippen LogP contribution < -0.4 is 0 Å². The molecule has 0 unspecified atom stereocenters. The maximum absolute atomic E-state index is 6.27. The van der Waals surface area contributed by atoms with Crippen LogP contribution in [-0.4, -0.2) is 0 Å². The number of halogens is 1. The monoisotopic (exact) mass is 276 g/mol. The first-order valence-electron chi connectivity index (χ1n) is 8.14. The fourth-order valence-corrected chi connectivity index (χ4v) is 4.28. The van der Waals surface area contributed by atoms with Gasteiger partial charge in [0, 0.05) is 5.02 Å². The minimum atomic E-state index is 0.782. The van der Waals surface area contributed by atoms with Crippen molar-refractivity contribution >= 4 is 11.6 Å². The van der Waals surface area contributed by atoms with Crippen molar-refractivity contribution in [1.29, 1.82) is 0 Å². The van der Waals surface area contributed by atoms with Crippen LogP contribution in [0.1, 0.15) is 87.2 Å². The maximum Gasteiger partial charge on any atom is 0.0409 e. The Morgan fingerprint density at radius 2 is 1.21 bits per heavy atom. The molecule has 0 aromatic heterocycles. The molecule has 2 aliphatic rings. The molecule has 0 saturated heterocycles. The van der Waals surface area contributed by atoms with Gasteiger partial charge in [-0.25, -0.2) is 0 Å². The molecule has 2 fully saturated rings. The number of rotatable bonds is 2. The largest absolute Gasteiger partial charge is 0.0843 e. The Bertz CT molecular complexity index is 412. The zero-order chi connectivity index (χ0) is 13.1. The summed E-state index contributed by atoms with van der Waals surface area (Å²) in [5.74, 6) is 1.59. The Balaban J connectivity index is 1.88. The molecular weight excluding hydrogens is 252 g/mol. The van der Waals surface area contributed by atoms with Gasteiger partial charge in [-0.05, 0) is 60.8 Å². The van der Waals surface area contributed by atoms with Crippen molar-refractivity contribution in [2.75, 3.05) is 0 Å². The van der Waals surface area contributed by atoms with Gasteiger partial charge in [0.15, 0.2) is 0 Å². The summed E-state index contributed by atoms with van der Waals surface area (Å²) in [6, 6.07) is 6.72. The van der Waals surface area contributed by atoms with Gasteiger partial charge in [-0.1, -0.05) is 56.2 Å². The minimum Gasteiger partial charge on any atom is -0.0843 e. The molecule has 0 atom stereocenters. The van der Waals surface area contributed by atoms with Gasteiger partial charge in [0.1, 0.15) is 0 Å². The van der Waals surface area contributed by atoms with Crippen LogP contribution in [-0.2, 0) is 0 Å². The Hall–Kier alpha value is -0.490. The van der Waals surface area contributed by atoms with E-state index in [-0.39, 0.29) is 0 Å². The zero-order valence-electron chi connectivity index (χ0n) is 11.8. The van der Waals surface area contributed by atoms with E-state index in [1.807, 2.05) is 0 Å². The van der Waals surface area contributed by atoms with Gasteiger partial charge in [0.25, 0.3) is 0 Å². The van der Waals surface area contributed by atoms with Crippen molar-refractivity contribution in [2.45, 2.75) is 76.0 Å². The molecule has 104 valence electrons. The second kappa shape index (κ2) is 6.31. The van der Waals surface area contributed by atoms with E-state index in [1.165, 1.54) is 64.2 Å². The third-order valence-electron chi connectivity index (χ3n) is 5.14. The molecule has 19 heavy (non-hydrogen) atoms. The van der Waals surface area contributed by atoms with Crippen molar-refractivity contribution in [3.05, 3.63) is 34.3 Å². The molecule has 2 saturated carbocycles. The summed E-state index contributed by atoms with van der Waals surface area (Å²) < 4.78 is 0. The third kappa shape index (κ3) is 3.16. The predicted octanol–water partition coefficient (Wildman–Crippen LogP) is 6.44. The van der Waals surface area contributed by atoms with E-state index in [0.717, 1.165) is 16.9 Å². The van der Waals surface area contributed by atoms with Crippen molar-refractivity contribution in [2.24, 2.45) is 0 Å². The lowest BCUT2D eigenvalue weighted by Gasteiger charge is -2.29. The highest BCUT2D eigenvalue weighted by Crippen LogP contribution is 2.41. The molecule has 0 aliphatic heterocycles. The van der Waals surface area contributed by atoms with Gasteiger partial charge in [-0.2, -0.15) is 0 Å². The quantitative estimate of drug-likeness (QED) is 0.583. The van der Waals surface area contributed by atoms with E-state index in [0.29, 0.717) is 0 Å². The molecule has 3 rings (SSSR count). The van der Waals surface area contributed by atoms with E-state index in [9.17, 15) is 0 Å². The normalized spacial score (nSPS) is 22.6. The summed E-state index contributed by atoms with van der Waals surface area (Å²) in [5, 5.41) is 0.931. The van der Waals surface area contributed by atoms with Crippen LogP contribution in [0.15, 0.2) is 18.2 Å². The second-order valence-electron chi connectivity index (χ2n) is 6.44. The smallest absolute Gasteiger partial charge is 0.0409 e. The van der Waals surface area contributed by atoms with Gasteiger partial charge >= 0.3 is 0 Å². The number of benzene rings is 1. The average molecular weight is 277 g/mol. The van der Waals surface area contributed by atoms with E-state index in [1.54, 1.807) is 11.1 Å². The van der Waals surface area contributed by atoms with E-state index >= 15 is 0 Å². The lowest BCUT2D eigenvalue weighted by Crippen LogP contribution is -2.12. The number of hydrogen-bond donors (Lipinski definition) is 0. The zero-order valence-corrected chi connectivity index (χ0v) is 12.6. The molecule has 0 nitrogen and oxygen atoms in total. The Labute approximate surface area is 122 Å². The van der Waals surface area contributed by atoms with E-state index < -0.39 is 0 Å². The summed E-state index contributed by atoms with van der Waals surface area (Å²) in [6.07, 6.45) is 14.0. The van der Waals surface area contributed by atoms with E-state index in [2.05, 4.69) is 18.2 Å². The van der Waals surface area contributed by atoms with Gasteiger partial charge in [-0.3, -0.25) is 0 Å². The van der Waals surface area contributed by atoms with Crippen LogP contribution in [0, 0.1) is 0 Å². The molecule has 0 amide bonds. The first kappa shape index (κ1) is 13.5. The van der Waals surface area contributed by atoms with Crippen molar-refractivity contribution in [1.82, 2.24) is 0 Å². The molecule has 0 radical (unpaired) electrons. The lowest BCUT2D eigenvalue weighted by molar-refractivity contribution is 0.419. The van der Waals surface area contributed by atoms with Crippen LogP contribution in [0.5, 0.6) is 0 Å². The van der Waals surface area contributed by atoms with Crippen molar-refractivity contribution in [3.63, 3.8) is 0 Å². The Morgan fingerprint density at radius 3 is 1.79 bits per heavy atom. The summed E-state index contributed by atoms with van der Waals surface area (Å²) in [6.45, 7) is 0. The highest BCUT2D eigenvalue weighted by atomic mass is 35.5. The molecule has 0 N–H and O–H groups in total. The minimum absolute atomic E-state index is 0.782. The molecule has 2 aliphatic carbocycles. The first-order chi connectivity index (χ1) is 9.34. The molecule has 1 heteroatoms. The standard InChI is InChI=1S/C18H25Cl/c19-16-11-12-17(14-7-3-1-4-8-14)18(13-16)15-9-5-2-6-10-15/h11-15H,1-10H2. The van der Waals surface area contributed by atoms with Gasteiger partial charge in [-0.15, -0.1) is 0 Å². The summed E-state index contributed by atoms with van der Waals surface area (Å²) in [5.41, 5.74) is 3.23. The predicted molar refractivity (Wildman–Crippen MR) is 83.1 cm³/mol. The molecule has 1 aromatic carbocycles. The molecular formula is C18H25Cl. The van der Waals surface area contributed by atoms with Crippen LogP contribution >= 0.6 is 11.6 Å². The van der Waals surface area contributed by atoms with Crippen LogP contribution in [0.25, 0.3) is 0 Å². The summed E-state index contributed by atoms with van der Waals surface area (Å²) >= 11 is 6.27. The van der Waals surface area contributed by atoms with Crippen molar-refractivity contribution in [3.8, 4) is 0 Å². The molecule has 0 spiro atoms. The molecule has 1 aromatic rings. The van der Waals surface area contributed by atoms with Crippen molar-refractivity contribution < 1.29 is 0 Å². The van der Waals surface area contributed by atoms with Crippen LogP contribution in [0.2, 0.25) is 5.02 Å². The second-order valence-corrected chi connectivity index (χ2v) is 6.88. The van der Waals surface area contributed by atoms with Gasteiger partial charge in [0.2, 0.25) is 0 Å². The number of hydrogen-bond acceptors (Lipinski definition) is 0. The highest BCUT2D eigenvalue weighted by Gasteiger charge is 2.23. The Morgan fingerprint density at radius 1 is 0.684 bits per heavy atom. The molecule has 0 bridgehead atoms. The molecule has 0 heterocycles. The Kier molecular flexibility index (Phi) is 4.48. The fourth-order valence-electron chi connectivity index (χ4n) is 4.10. The summed E-state index contributed by atoms with van der Waals surface area (Å²) in [4.78, 5) is 0. The first-order valence-corrected chi connectivity index (χ1v) is 8.52. The van der Waals surface area contributed by atoms with Crippen LogP contribution in [0.4, 0.5) is 0 Å². The lowest BCUT2D eigenvalue weighted by atomic mass is 9.76.